The van der Waals surface area contributed by atoms with E-state index in [1.165, 1.54) is 11.3 Å². The van der Waals surface area contributed by atoms with Crippen LogP contribution in [0.25, 0.3) is 0 Å². The first-order valence-corrected chi connectivity index (χ1v) is 6.13. The Labute approximate surface area is 111 Å². The maximum Gasteiger partial charge on any atom is 0.219 e. The van der Waals surface area contributed by atoms with Crippen LogP contribution in [0.1, 0.15) is 5.01 Å². The number of hydrazine groups is 1. The van der Waals surface area contributed by atoms with Crippen molar-refractivity contribution in [1.82, 2.24) is 10.2 Å². The summed E-state index contributed by atoms with van der Waals surface area (Å²) < 4.78 is 5.48. The molecule has 3 N–H and O–H groups in total. The lowest BCUT2D eigenvalue weighted by Gasteiger charge is -2.04. The summed E-state index contributed by atoms with van der Waals surface area (Å²) in [6, 6.07) is 5.05. The van der Waals surface area contributed by atoms with Gasteiger partial charge in [-0.25, -0.2) is 5.84 Å². The van der Waals surface area contributed by atoms with Gasteiger partial charge in [0.1, 0.15) is 12.4 Å². The second-order valence-electron chi connectivity index (χ2n) is 3.01. The van der Waals surface area contributed by atoms with Crippen LogP contribution in [0.2, 0.25) is 10.0 Å². The molecule has 0 saturated carbocycles. The van der Waals surface area contributed by atoms with Crippen LogP contribution in [0.4, 0.5) is 5.13 Å². The van der Waals surface area contributed by atoms with E-state index in [-0.39, 0.29) is 0 Å². The van der Waals surface area contributed by atoms with Crippen LogP contribution < -0.4 is 16.0 Å². The van der Waals surface area contributed by atoms with Gasteiger partial charge in [-0.05, 0) is 12.1 Å². The first kappa shape index (κ1) is 12.4. The molecule has 0 aliphatic heterocycles. The molecular weight excluding hydrogens is 283 g/mol. The number of halogens is 2. The van der Waals surface area contributed by atoms with E-state index in [9.17, 15) is 0 Å². The molecule has 0 unspecified atom stereocenters. The van der Waals surface area contributed by atoms with Gasteiger partial charge in [-0.3, -0.25) is 5.43 Å². The lowest BCUT2D eigenvalue weighted by atomic mass is 10.3. The van der Waals surface area contributed by atoms with Crippen molar-refractivity contribution in [3.05, 3.63) is 33.3 Å². The molecule has 0 saturated heterocycles. The topological polar surface area (TPSA) is 73.1 Å². The van der Waals surface area contributed by atoms with Gasteiger partial charge >= 0.3 is 0 Å². The number of hydrogen-bond donors (Lipinski definition) is 2. The SMILES string of the molecule is NNc1nnc(COc2ccc(Cl)c(Cl)c2)s1. The van der Waals surface area contributed by atoms with Gasteiger partial charge in [-0.2, -0.15) is 0 Å². The zero-order valence-electron chi connectivity index (χ0n) is 8.48. The number of nitrogens with one attached hydrogen (secondary N) is 1. The summed E-state index contributed by atoms with van der Waals surface area (Å²) in [6.45, 7) is 0.303. The highest BCUT2D eigenvalue weighted by Gasteiger charge is 2.05. The van der Waals surface area contributed by atoms with Crippen molar-refractivity contribution in [3.8, 4) is 5.75 Å². The van der Waals surface area contributed by atoms with E-state index in [2.05, 4.69) is 15.6 Å². The molecule has 0 aliphatic rings. The van der Waals surface area contributed by atoms with E-state index in [4.69, 9.17) is 33.8 Å². The predicted molar refractivity (Wildman–Crippen MR) is 68.5 cm³/mol. The van der Waals surface area contributed by atoms with Gasteiger partial charge in [0.25, 0.3) is 0 Å². The van der Waals surface area contributed by atoms with Crippen LogP contribution in [-0.2, 0) is 6.61 Å². The summed E-state index contributed by atoms with van der Waals surface area (Å²) in [7, 11) is 0. The molecule has 1 aromatic heterocycles. The molecule has 1 aromatic carbocycles. The van der Waals surface area contributed by atoms with Gasteiger partial charge in [0.15, 0.2) is 5.01 Å². The minimum Gasteiger partial charge on any atom is -0.486 e. The average molecular weight is 291 g/mol. The van der Waals surface area contributed by atoms with E-state index in [0.717, 1.165) is 0 Å². The highest BCUT2D eigenvalue weighted by molar-refractivity contribution is 7.15. The number of benzene rings is 1. The highest BCUT2D eigenvalue weighted by atomic mass is 35.5. The second-order valence-corrected chi connectivity index (χ2v) is 4.89. The lowest BCUT2D eigenvalue weighted by Crippen LogP contribution is -2.05. The first-order valence-electron chi connectivity index (χ1n) is 4.56. The number of aromatic nitrogens is 2. The standard InChI is InChI=1S/C9H8Cl2N4OS/c10-6-2-1-5(3-7(6)11)16-4-8-14-15-9(13-12)17-8/h1-3H,4,12H2,(H,13,15). The zero-order chi connectivity index (χ0) is 12.3. The zero-order valence-corrected chi connectivity index (χ0v) is 10.8. The van der Waals surface area contributed by atoms with Crippen LogP contribution in [0.5, 0.6) is 5.75 Å². The van der Waals surface area contributed by atoms with Crippen LogP contribution >= 0.6 is 34.5 Å². The Balaban J connectivity index is 1.99. The maximum atomic E-state index is 5.86. The second kappa shape index (κ2) is 5.50. The summed E-state index contributed by atoms with van der Waals surface area (Å²) >= 11 is 13.0. The molecule has 2 aromatic rings. The molecule has 0 amide bonds. The van der Waals surface area contributed by atoms with Crippen molar-refractivity contribution >= 4 is 39.7 Å². The van der Waals surface area contributed by atoms with E-state index in [1.807, 2.05) is 0 Å². The van der Waals surface area contributed by atoms with Gasteiger partial charge in [-0.15, -0.1) is 10.2 Å². The summed E-state index contributed by atoms with van der Waals surface area (Å²) in [5, 5.41) is 9.86. The van der Waals surface area contributed by atoms with Crippen molar-refractivity contribution in [2.24, 2.45) is 5.84 Å². The molecule has 0 atom stereocenters. The third kappa shape index (κ3) is 3.19. The summed E-state index contributed by atoms with van der Waals surface area (Å²) in [4.78, 5) is 0. The number of rotatable bonds is 4. The minimum absolute atomic E-state index is 0.303. The van der Waals surface area contributed by atoms with Gasteiger partial charge in [0.2, 0.25) is 5.13 Å². The molecule has 0 aliphatic carbocycles. The van der Waals surface area contributed by atoms with E-state index in [0.29, 0.717) is 32.5 Å². The Morgan fingerprint density at radius 1 is 1.29 bits per heavy atom. The predicted octanol–water partition coefficient (Wildman–Crippen LogP) is 2.71. The van der Waals surface area contributed by atoms with Crippen molar-refractivity contribution in [3.63, 3.8) is 0 Å². The molecule has 8 heteroatoms. The van der Waals surface area contributed by atoms with Gasteiger partial charge < -0.3 is 4.74 Å². The van der Waals surface area contributed by atoms with Crippen LogP contribution in [0.15, 0.2) is 18.2 Å². The fourth-order valence-corrected chi connectivity index (χ4v) is 1.93. The molecule has 5 nitrogen and oxygen atoms in total. The van der Waals surface area contributed by atoms with Crippen molar-refractivity contribution in [2.45, 2.75) is 6.61 Å². The van der Waals surface area contributed by atoms with E-state index < -0.39 is 0 Å². The number of ether oxygens (including phenoxy) is 1. The third-order valence-electron chi connectivity index (χ3n) is 1.84. The molecule has 17 heavy (non-hydrogen) atoms. The number of nitrogens with zero attached hydrogens (tertiary/aromatic N) is 2. The largest absolute Gasteiger partial charge is 0.486 e. The molecule has 0 bridgehead atoms. The summed E-state index contributed by atoms with van der Waals surface area (Å²) in [5.41, 5.74) is 2.41. The number of hydrogen-bond acceptors (Lipinski definition) is 6. The number of nitrogens with two attached hydrogens (primary N) is 1. The molecule has 2 rings (SSSR count). The molecular formula is C9H8Cl2N4OS. The Kier molecular flexibility index (Phi) is 4.01. The van der Waals surface area contributed by atoms with Crippen molar-refractivity contribution in [2.75, 3.05) is 5.43 Å². The fraction of sp³-hybridized carbons (Fsp3) is 0.111. The van der Waals surface area contributed by atoms with Crippen LogP contribution in [0.3, 0.4) is 0 Å². The van der Waals surface area contributed by atoms with Crippen molar-refractivity contribution in [1.29, 1.82) is 0 Å². The van der Waals surface area contributed by atoms with Gasteiger partial charge in [0.05, 0.1) is 10.0 Å². The van der Waals surface area contributed by atoms with E-state index >= 15 is 0 Å². The first-order chi connectivity index (χ1) is 8.19. The Morgan fingerprint density at radius 2 is 2.12 bits per heavy atom. The highest BCUT2D eigenvalue weighted by Crippen LogP contribution is 2.27. The quantitative estimate of drug-likeness (QED) is 0.669. The summed E-state index contributed by atoms with van der Waals surface area (Å²) in [6.07, 6.45) is 0. The molecule has 0 fully saturated rings. The molecule has 0 spiro atoms. The number of nitrogen functional groups attached to an aromatic ring is 1. The lowest BCUT2D eigenvalue weighted by molar-refractivity contribution is 0.304. The molecule has 1 heterocycles. The van der Waals surface area contributed by atoms with Crippen molar-refractivity contribution < 1.29 is 4.74 Å². The number of anilines is 1. The van der Waals surface area contributed by atoms with Gasteiger partial charge in [-0.1, -0.05) is 34.5 Å². The fourth-order valence-electron chi connectivity index (χ4n) is 1.08. The third-order valence-corrected chi connectivity index (χ3v) is 3.41. The van der Waals surface area contributed by atoms with E-state index in [1.54, 1.807) is 18.2 Å². The Bertz CT molecular complexity index is 519. The Morgan fingerprint density at radius 3 is 2.76 bits per heavy atom. The Hall–Kier alpha value is -1.08. The smallest absolute Gasteiger partial charge is 0.219 e. The van der Waals surface area contributed by atoms with Gasteiger partial charge in [0, 0.05) is 6.07 Å². The maximum absolute atomic E-state index is 5.86. The van der Waals surface area contributed by atoms with Crippen LogP contribution in [0, 0.1) is 0 Å². The molecule has 0 radical (unpaired) electrons. The normalized spacial score (nSPS) is 10.3. The summed E-state index contributed by atoms with van der Waals surface area (Å²) in [5.74, 6) is 5.81. The molecule has 90 valence electrons. The average Bonchev–Trinajstić information content (AvgIpc) is 2.79. The van der Waals surface area contributed by atoms with Crippen LogP contribution in [-0.4, -0.2) is 10.2 Å². The monoisotopic (exact) mass is 290 g/mol. The minimum atomic E-state index is 0.303.